The third-order valence-corrected chi connectivity index (χ3v) is 3.80. The molecule has 0 radical (unpaired) electrons. The number of hydrogen-bond donors (Lipinski definition) is 0. The van der Waals surface area contributed by atoms with E-state index in [9.17, 15) is 9.90 Å². The van der Waals surface area contributed by atoms with Crippen molar-refractivity contribution in [1.82, 2.24) is 4.98 Å². The standard InChI is InChI=1S/C15H17NO3S/c1-10-3-4-11(2)13(7-10)19-6-5-14-16-12(9-20-14)8-15(17)18/h3-4,7,9H,5-6,8H2,1-2H3,(H,17,18)/p-1. The first-order valence-electron chi connectivity index (χ1n) is 6.38. The third kappa shape index (κ3) is 4.06. The van der Waals surface area contributed by atoms with E-state index in [0.717, 1.165) is 21.9 Å². The smallest absolute Gasteiger partial charge is 0.122 e. The zero-order valence-electron chi connectivity index (χ0n) is 11.5. The number of carboxylic acid groups (broad SMARTS) is 1. The van der Waals surface area contributed by atoms with Crippen molar-refractivity contribution in [2.45, 2.75) is 26.7 Å². The van der Waals surface area contributed by atoms with Crippen molar-refractivity contribution in [2.75, 3.05) is 6.61 Å². The second-order valence-corrected chi connectivity index (χ2v) is 5.59. The maximum absolute atomic E-state index is 10.5. The molecule has 1 heterocycles. The fraction of sp³-hybridized carbons (Fsp3) is 0.333. The molecule has 0 fully saturated rings. The van der Waals surface area contributed by atoms with E-state index in [0.29, 0.717) is 18.7 Å². The highest BCUT2D eigenvalue weighted by Gasteiger charge is 2.04. The van der Waals surface area contributed by atoms with Gasteiger partial charge in [0, 0.05) is 24.2 Å². The Morgan fingerprint density at radius 2 is 2.20 bits per heavy atom. The molecule has 0 amide bonds. The van der Waals surface area contributed by atoms with Crippen molar-refractivity contribution in [3.63, 3.8) is 0 Å². The molecule has 0 saturated carbocycles. The molecular formula is C15H16NO3S-. The highest BCUT2D eigenvalue weighted by molar-refractivity contribution is 7.09. The normalized spacial score (nSPS) is 10.5. The number of carboxylic acids is 1. The minimum Gasteiger partial charge on any atom is -0.550 e. The molecule has 20 heavy (non-hydrogen) atoms. The number of rotatable bonds is 6. The summed E-state index contributed by atoms with van der Waals surface area (Å²) in [6, 6.07) is 6.10. The van der Waals surface area contributed by atoms with Crippen LogP contribution in [-0.2, 0) is 17.6 Å². The highest BCUT2D eigenvalue weighted by atomic mass is 32.1. The van der Waals surface area contributed by atoms with Gasteiger partial charge in [-0.3, -0.25) is 0 Å². The SMILES string of the molecule is Cc1ccc(C)c(OCCc2nc(CC(=O)[O-])cs2)c1. The minimum absolute atomic E-state index is 0.131. The molecule has 1 aromatic heterocycles. The number of carbonyl (C=O) groups is 1. The van der Waals surface area contributed by atoms with E-state index in [-0.39, 0.29) is 6.42 Å². The van der Waals surface area contributed by atoms with Gasteiger partial charge in [0.25, 0.3) is 0 Å². The molecule has 1 aromatic carbocycles. The maximum Gasteiger partial charge on any atom is 0.122 e. The lowest BCUT2D eigenvalue weighted by atomic mass is 10.1. The molecule has 4 nitrogen and oxygen atoms in total. The van der Waals surface area contributed by atoms with E-state index < -0.39 is 5.97 Å². The van der Waals surface area contributed by atoms with Gasteiger partial charge in [-0.2, -0.15) is 0 Å². The van der Waals surface area contributed by atoms with Crippen LogP contribution in [0.3, 0.4) is 0 Å². The predicted octanol–water partition coefficient (Wildman–Crippen LogP) is 1.67. The summed E-state index contributed by atoms with van der Waals surface area (Å²) in [5.74, 6) is -0.218. The Balaban J connectivity index is 1.88. The van der Waals surface area contributed by atoms with E-state index in [1.165, 1.54) is 11.3 Å². The topological polar surface area (TPSA) is 62.2 Å². The van der Waals surface area contributed by atoms with Crippen molar-refractivity contribution in [3.05, 3.63) is 45.4 Å². The Kier molecular flexibility index (Phi) is 4.74. The molecular weight excluding hydrogens is 274 g/mol. The fourth-order valence-electron chi connectivity index (χ4n) is 1.80. The zero-order valence-corrected chi connectivity index (χ0v) is 12.3. The predicted molar refractivity (Wildman–Crippen MR) is 75.9 cm³/mol. The number of nitrogens with zero attached hydrogens (tertiary/aromatic N) is 1. The van der Waals surface area contributed by atoms with Gasteiger partial charge >= 0.3 is 0 Å². The number of hydrogen-bond acceptors (Lipinski definition) is 5. The van der Waals surface area contributed by atoms with E-state index in [1.54, 1.807) is 5.38 Å². The summed E-state index contributed by atoms with van der Waals surface area (Å²) in [5, 5.41) is 13.1. The highest BCUT2D eigenvalue weighted by Crippen LogP contribution is 2.19. The molecule has 0 atom stereocenters. The average molecular weight is 290 g/mol. The summed E-state index contributed by atoms with van der Waals surface area (Å²) in [5.41, 5.74) is 2.82. The Morgan fingerprint density at radius 1 is 1.40 bits per heavy atom. The number of aromatic nitrogens is 1. The Morgan fingerprint density at radius 3 is 2.95 bits per heavy atom. The number of benzene rings is 1. The van der Waals surface area contributed by atoms with E-state index >= 15 is 0 Å². The number of carbonyl (C=O) groups excluding carboxylic acids is 1. The molecule has 0 saturated heterocycles. The van der Waals surface area contributed by atoms with E-state index in [1.807, 2.05) is 26.0 Å². The summed E-state index contributed by atoms with van der Waals surface area (Å²) < 4.78 is 5.75. The van der Waals surface area contributed by atoms with Crippen LogP contribution in [0.1, 0.15) is 21.8 Å². The first kappa shape index (κ1) is 14.5. The van der Waals surface area contributed by atoms with Crippen LogP contribution in [0, 0.1) is 13.8 Å². The molecule has 2 rings (SSSR count). The molecule has 106 valence electrons. The van der Waals surface area contributed by atoms with Gasteiger partial charge in [0.2, 0.25) is 0 Å². The van der Waals surface area contributed by atoms with Gasteiger partial charge < -0.3 is 14.6 Å². The monoisotopic (exact) mass is 290 g/mol. The lowest BCUT2D eigenvalue weighted by molar-refractivity contribution is -0.304. The van der Waals surface area contributed by atoms with Crippen molar-refractivity contribution < 1.29 is 14.6 Å². The summed E-state index contributed by atoms with van der Waals surface area (Å²) in [6.07, 6.45) is 0.541. The lowest BCUT2D eigenvalue weighted by Crippen LogP contribution is -2.24. The van der Waals surface area contributed by atoms with Crippen molar-refractivity contribution >= 4 is 17.3 Å². The van der Waals surface area contributed by atoms with Crippen molar-refractivity contribution in [3.8, 4) is 5.75 Å². The summed E-state index contributed by atoms with van der Waals surface area (Å²) in [4.78, 5) is 14.7. The van der Waals surface area contributed by atoms with Crippen LogP contribution >= 0.6 is 11.3 Å². The van der Waals surface area contributed by atoms with E-state index in [2.05, 4.69) is 11.1 Å². The third-order valence-electron chi connectivity index (χ3n) is 2.84. The van der Waals surface area contributed by atoms with Crippen molar-refractivity contribution in [2.24, 2.45) is 0 Å². The molecule has 0 aliphatic heterocycles. The number of aryl methyl sites for hydroxylation is 2. The number of aliphatic carboxylic acids is 1. The van der Waals surface area contributed by atoms with Crippen LogP contribution in [0.25, 0.3) is 0 Å². The van der Waals surface area contributed by atoms with Gasteiger partial charge in [0.15, 0.2) is 0 Å². The molecule has 2 aromatic rings. The van der Waals surface area contributed by atoms with Gasteiger partial charge in [0.05, 0.1) is 17.3 Å². The van der Waals surface area contributed by atoms with Gasteiger partial charge in [-0.05, 0) is 31.0 Å². The van der Waals surface area contributed by atoms with Crippen molar-refractivity contribution in [1.29, 1.82) is 0 Å². The van der Waals surface area contributed by atoms with Crippen LogP contribution < -0.4 is 9.84 Å². The van der Waals surface area contributed by atoms with E-state index in [4.69, 9.17) is 4.74 Å². The molecule has 5 heteroatoms. The van der Waals surface area contributed by atoms with Gasteiger partial charge in [-0.25, -0.2) is 4.98 Å². The molecule has 0 bridgehead atoms. The van der Waals surface area contributed by atoms with Gasteiger partial charge in [-0.15, -0.1) is 11.3 Å². The first-order chi connectivity index (χ1) is 9.54. The second kappa shape index (κ2) is 6.52. The second-order valence-electron chi connectivity index (χ2n) is 4.65. The molecule has 0 N–H and O–H groups in total. The quantitative estimate of drug-likeness (QED) is 0.812. The fourth-order valence-corrected chi connectivity index (χ4v) is 2.58. The number of ether oxygens (including phenoxy) is 1. The van der Waals surface area contributed by atoms with Crippen LogP contribution in [0.2, 0.25) is 0 Å². The largest absolute Gasteiger partial charge is 0.550 e. The van der Waals surface area contributed by atoms with Crippen LogP contribution in [-0.4, -0.2) is 17.6 Å². The summed E-state index contributed by atoms with van der Waals surface area (Å²) in [7, 11) is 0. The van der Waals surface area contributed by atoms with Crippen LogP contribution in [0.4, 0.5) is 0 Å². The molecule has 0 aliphatic carbocycles. The lowest BCUT2D eigenvalue weighted by Gasteiger charge is -2.09. The molecule has 0 spiro atoms. The average Bonchev–Trinajstić information content (AvgIpc) is 2.80. The zero-order chi connectivity index (χ0) is 14.5. The minimum atomic E-state index is -1.10. The maximum atomic E-state index is 10.5. The molecule has 0 unspecified atom stereocenters. The Labute approximate surface area is 122 Å². The first-order valence-corrected chi connectivity index (χ1v) is 7.26. The van der Waals surface area contributed by atoms with Gasteiger partial charge in [0.1, 0.15) is 5.75 Å². The Bertz CT molecular complexity index is 607. The van der Waals surface area contributed by atoms with Gasteiger partial charge in [-0.1, -0.05) is 12.1 Å². The Hall–Kier alpha value is -1.88. The van der Waals surface area contributed by atoms with Crippen LogP contribution in [0.5, 0.6) is 5.75 Å². The summed E-state index contributed by atoms with van der Waals surface area (Å²) in [6.45, 7) is 4.57. The van der Waals surface area contributed by atoms with Crippen LogP contribution in [0.15, 0.2) is 23.6 Å². The summed E-state index contributed by atoms with van der Waals surface area (Å²) >= 11 is 1.45. The number of thiazole rings is 1. The molecule has 0 aliphatic rings.